The summed E-state index contributed by atoms with van der Waals surface area (Å²) in [6.07, 6.45) is 2.86. The third-order valence-electron chi connectivity index (χ3n) is 4.79. The fourth-order valence-electron chi connectivity index (χ4n) is 3.18. The topological polar surface area (TPSA) is 45.2 Å². The molecule has 7 heteroatoms. The van der Waals surface area contributed by atoms with Crippen molar-refractivity contribution < 1.29 is 4.79 Å². The highest BCUT2D eigenvalue weighted by molar-refractivity contribution is 7.15. The van der Waals surface area contributed by atoms with Gasteiger partial charge in [0.05, 0.1) is 16.6 Å². The number of hydrogen-bond acceptors (Lipinski definition) is 4. The molecule has 2 atom stereocenters. The molecule has 1 aromatic carbocycles. The Bertz CT molecular complexity index is 702. The minimum absolute atomic E-state index is 0. The van der Waals surface area contributed by atoms with Crippen LogP contribution in [0.5, 0.6) is 0 Å². The standard InChI is InChI=1S/C19H25N3OS.2ClH/c1-13-18(24-19(21-13)15-8-5-4-6-9-15)14(2)22(3)17(23)12-16-10-7-11-20-16;;/h4-6,8-9,14,16,20H,7,10-12H2,1-3H3;2*1H. The summed E-state index contributed by atoms with van der Waals surface area (Å²) in [5.41, 5.74) is 2.15. The Morgan fingerprint density at radius 1 is 1.35 bits per heavy atom. The highest BCUT2D eigenvalue weighted by Gasteiger charge is 2.25. The predicted molar refractivity (Wildman–Crippen MR) is 114 cm³/mol. The Morgan fingerprint density at radius 3 is 2.65 bits per heavy atom. The van der Waals surface area contributed by atoms with Crippen molar-refractivity contribution in [3.63, 3.8) is 0 Å². The monoisotopic (exact) mass is 415 g/mol. The predicted octanol–water partition coefficient (Wildman–Crippen LogP) is 4.62. The fraction of sp³-hybridized carbons (Fsp3) is 0.474. The zero-order valence-corrected chi connectivity index (χ0v) is 17.8. The number of hydrogen-bond donors (Lipinski definition) is 1. The van der Waals surface area contributed by atoms with E-state index in [9.17, 15) is 4.79 Å². The van der Waals surface area contributed by atoms with Gasteiger partial charge in [-0.3, -0.25) is 4.79 Å². The van der Waals surface area contributed by atoms with Crippen molar-refractivity contribution in [2.75, 3.05) is 13.6 Å². The largest absolute Gasteiger partial charge is 0.338 e. The fourth-order valence-corrected chi connectivity index (χ4v) is 4.34. The van der Waals surface area contributed by atoms with Crippen molar-refractivity contribution >= 4 is 42.1 Å². The lowest BCUT2D eigenvalue weighted by Crippen LogP contribution is -2.34. The van der Waals surface area contributed by atoms with E-state index in [1.807, 2.05) is 37.1 Å². The van der Waals surface area contributed by atoms with E-state index in [0.29, 0.717) is 12.5 Å². The van der Waals surface area contributed by atoms with Gasteiger partial charge in [0.2, 0.25) is 5.91 Å². The summed E-state index contributed by atoms with van der Waals surface area (Å²) in [4.78, 5) is 20.3. The third-order valence-corrected chi connectivity index (χ3v) is 6.17. The van der Waals surface area contributed by atoms with E-state index < -0.39 is 0 Å². The van der Waals surface area contributed by atoms with Crippen molar-refractivity contribution in [2.24, 2.45) is 0 Å². The molecule has 0 spiro atoms. The minimum Gasteiger partial charge on any atom is -0.338 e. The van der Waals surface area contributed by atoms with Gasteiger partial charge in [0.1, 0.15) is 5.01 Å². The number of nitrogens with zero attached hydrogens (tertiary/aromatic N) is 2. The SMILES string of the molecule is Cc1nc(-c2ccccc2)sc1C(C)N(C)C(=O)CC1CCCN1.Cl.Cl. The lowest BCUT2D eigenvalue weighted by molar-refractivity contribution is -0.132. The van der Waals surface area contributed by atoms with Gasteiger partial charge < -0.3 is 10.2 Å². The molecule has 0 aliphatic carbocycles. The molecule has 26 heavy (non-hydrogen) atoms. The van der Waals surface area contributed by atoms with Crippen molar-refractivity contribution in [3.8, 4) is 10.6 Å². The van der Waals surface area contributed by atoms with Gasteiger partial charge in [-0.05, 0) is 33.2 Å². The summed E-state index contributed by atoms with van der Waals surface area (Å²) in [6.45, 7) is 5.16. The number of aromatic nitrogens is 1. The maximum atomic E-state index is 12.6. The van der Waals surface area contributed by atoms with Crippen LogP contribution in [-0.2, 0) is 4.79 Å². The number of benzene rings is 1. The molecule has 0 saturated carbocycles. The van der Waals surface area contributed by atoms with Crippen LogP contribution in [0.25, 0.3) is 10.6 Å². The molecule has 4 nitrogen and oxygen atoms in total. The molecule has 1 amide bonds. The van der Waals surface area contributed by atoms with Crippen LogP contribution in [0.1, 0.15) is 42.8 Å². The summed E-state index contributed by atoms with van der Waals surface area (Å²) in [7, 11) is 1.91. The van der Waals surface area contributed by atoms with Gasteiger partial charge in [-0.1, -0.05) is 30.3 Å². The lowest BCUT2D eigenvalue weighted by Gasteiger charge is -2.25. The zero-order chi connectivity index (χ0) is 17.1. The molecule has 2 unspecified atom stereocenters. The Labute approximate surface area is 172 Å². The third kappa shape index (κ3) is 5.19. The molecule has 0 radical (unpaired) electrons. The second-order valence-corrected chi connectivity index (χ2v) is 7.54. The van der Waals surface area contributed by atoms with Gasteiger partial charge in [-0.25, -0.2) is 4.98 Å². The molecule has 1 saturated heterocycles. The molecular weight excluding hydrogens is 389 g/mol. The van der Waals surface area contributed by atoms with Crippen molar-refractivity contribution in [2.45, 2.75) is 45.2 Å². The van der Waals surface area contributed by atoms with Crippen LogP contribution in [0, 0.1) is 6.92 Å². The minimum atomic E-state index is 0. The zero-order valence-electron chi connectivity index (χ0n) is 15.4. The number of halogens is 2. The van der Waals surface area contributed by atoms with Crippen LogP contribution in [0.3, 0.4) is 0 Å². The quantitative estimate of drug-likeness (QED) is 0.774. The molecule has 1 N–H and O–H groups in total. The van der Waals surface area contributed by atoms with Crippen molar-refractivity contribution in [1.82, 2.24) is 15.2 Å². The van der Waals surface area contributed by atoms with E-state index in [2.05, 4.69) is 24.4 Å². The molecule has 2 aromatic rings. The first-order valence-electron chi connectivity index (χ1n) is 8.58. The van der Waals surface area contributed by atoms with E-state index in [1.165, 1.54) is 11.3 Å². The van der Waals surface area contributed by atoms with Crippen LogP contribution >= 0.6 is 36.2 Å². The van der Waals surface area contributed by atoms with Crippen LogP contribution < -0.4 is 5.32 Å². The molecule has 3 rings (SSSR count). The van der Waals surface area contributed by atoms with Crippen LogP contribution in [0.15, 0.2) is 30.3 Å². The molecule has 1 fully saturated rings. The Balaban J connectivity index is 0.00000169. The summed E-state index contributed by atoms with van der Waals surface area (Å²) in [5.74, 6) is 0.205. The van der Waals surface area contributed by atoms with Gasteiger partial charge >= 0.3 is 0 Å². The Morgan fingerprint density at radius 2 is 2.04 bits per heavy atom. The number of carbonyl (C=O) groups is 1. The average Bonchev–Trinajstić information content (AvgIpc) is 3.24. The lowest BCUT2D eigenvalue weighted by atomic mass is 10.1. The van der Waals surface area contributed by atoms with E-state index in [4.69, 9.17) is 4.98 Å². The highest BCUT2D eigenvalue weighted by Crippen LogP contribution is 2.34. The van der Waals surface area contributed by atoms with E-state index in [0.717, 1.165) is 29.2 Å². The Hall–Kier alpha value is -1.14. The van der Waals surface area contributed by atoms with E-state index in [1.54, 1.807) is 11.3 Å². The first-order chi connectivity index (χ1) is 11.6. The van der Waals surface area contributed by atoms with Crippen LogP contribution in [0.4, 0.5) is 0 Å². The van der Waals surface area contributed by atoms with Gasteiger partial charge in [0.15, 0.2) is 0 Å². The highest BCUT2D eigenvalue weighted by atomic mass is 35.5. The summed E-state index contributed by atoms with van der Waals surface area (Å²) < 4.78 is 0. The Kier molecular flexibility index (Phi) is 9.04. The maximum Gasteiger partial charge on any atom is 0.224 e. The molecule has 1 aliphatic rings. The average molecular weight is 416 g/mol. The number of carbonyl (C=O) groups excluding carboxylic acids is 1. The van der Waals surface area contributed by atoms with Gasteiger partial charge in [-0.15, -0.1) is 36.2 Å². The van der Waals surface area contributed by atoms with Gasteiger partial charge in [-0.2, -0.15) is 0 Å². The first kappa shape index (κ1) is 22.9. The van der Waals surface area contributed by atoms with Crippen molar-refractivity contribution in [1.29, 1.82) is 0 Å². The molecule has 144 valence electrons. The number of aryl methyl sites for hydroxylation is 1. The summed E-state index contributed by atoms with van der Waals surface area (Å²) >= 11 is 1.69. The first-order valence-corrected chi connectivity index (χ1v) is 9.39. The van der Waals surface area contributed by atoms with Crippen LogP contribution in [0.2, 0.25) is 0 Å². The molecular formula is C19H27Cl2N3OS. The number of amides is 1. The molecule has 2 heterocycles. The summed E-state index contributed by atoms with van der Waals surface area (Å²) in [6, 6.07) is 10.6. The smallest absolute Gasteiger partial charge is 0.224 e. The molecule has 1 aliphatic heterocycles. The van der Waals surface area contributed by atoms with E-state index >= 15 is 0 Å². The second-order valence-electron chi connectivity index (χ2n) is 6.51. The normalized spacial score (nSPS) is 17.1. The van der Waals surface area contributed by atoms with E-state index in [-0.39, 0.29) is 36.8 Å². The molecule has 1 aromatic heterocycles. The van der Waals surface area contributed by atoms with Gasteiger partial charge in [0, 0.05) is 25.1 Å². The van der Waals surface area contributed by atoms with Crippen LogP contribution in [-0.4, -0.2) is 35.4 Å². The maximum absolute atomic E-state index is 12.6. The molecule has 0 bridgehead atoms. The van der Waals surface area contributed by atoms with Gasteiger partial charge in [0.25, 0.3) is 0 Å². The number of rotatable bonds is 5. The van der Waals surface area contributed by atoms with Crippen molar-refractivity contribution in [3.05, 3.63) is 40.9 Å². The number of nitrogens with one attached hydrogen (secondary N) is 1. The summed E-state index contributed by atoms with van der Waals surface area (Å²) in [5, 5.41) is 4.42. The second kappa shape index (κ2) is 10.3. The number of thiazole rings is 1.